The van der Waals surface area contributed by atoms with Gasteiger partial charge in [-0.05, 0) is 17.7 Å². The third-order valence-corrected chi connectivity index (χ3v) is 1.76. The molecule has 0 aliphatic carbocycles. The van der Waals surface area contributed by atoms with Crippen molar-refractivity contribution >= 4 is 5.97 Å². The smallest absolute Gasteiger partial charge is 0.341 e. The maximum absolute atomic E-state index is 10.2. The van der Waals surface area contributed by atoms with Crippen molar-refractivity contribution in [2.45, 2.75) is 12.6 Å². The fraction of sp³-hybridized carbons (Fsp3) is 0.300. The highest BCUT2D eigenvalue weighted by Gasteiger charge is 2.01. The molecule has 0 heterocycles. The molecule has 1 rings (SSSR count). The summed E-state index contributed by atoms with van der Waals surface area (Å²) in [7, 11) is 0. The largest absolute Gasteiger partial charge is 0.482 e. The molecule has 0 bridgehead atoms. The van der Waals surface area contributed by atoms with Gasteiger partial charge < -0.3 is 21.3 Å². The maximum Gasteiger partial charge on any atom is 0.341 e. The van der Waals surface area contributed by atoms with Crippen LogP contribution in [0.25, 0.3) is 0 Å². The third kappa shape index (κ3) is 4.44. The van der Waals surface area contributed by atoms with E-state index < -0.39 is 5.97 Å². The Hall–Kier alpha value is -1.59. The van der Waals surface area contributed by atoms with Crippen molar-refractivity contribution in [1.82, 2.24) is 0 Å². The average Bonchev–Trinajstić information content (AvgIpc) is 2.16. The van der Waals surface area contributed by atoms with E-state index in [9.17, 15) is 4.79 Å². The second-order valence-electron chi connectivity index (χ2n) is 3.19. The van der Waals surface area contributed by atoms with Crippen molar-refractivity contribution in [1.29, 1.82) is 0 Å². The Morgan fingerprint density at radius 1 is 1.33 bits per heavy atom. The summed E-state index contributed by atoms with van der Waals surface area (Å²) in [5.74, 6) is -0.477. The van der Waals surface area contributed by atoms with Crippen LogP contribution in [0.1, 0.15) is 5.56 Å². The van der Waals surface area contributed by atoms with Gasteiger partial charge in [0.15, 0.2) is 6.61 Å². The van der Waals surface area contributed by atoms with E-state index in [0.29, 0.717) is 12.2 Å². The van der Waals surface area contributed by atoms with Crippen LogP contribution in [-0.2, 0) is 11.2 Å². The van der Waals surface area contributed by atoms with Crippen molar-refractivity contribution < 1.29 is 14.6 Å². The van der Waals surface area contributed by atoms with Gasteiger partial charge in [-0.2, -0.15) is 0 Å². The van der Waals surface area contributed by atoms with Crippen LogP contribution in [0, 0.1) is 0 Å². The second kappa shape index (κ2) is 5.33. The Morgan fingerprint density at radius 3 is 2.40 bits per heavy atom. The van der Waals surface area contributed by atoms with Gasteiger partial charge in [0.25, 0.3) is 0 Å². The lowest BCUT2D eigenvalue weighted by molar-refractivity contribution is -0.139. The highest BCUT2D eigenvalue weighted by Crippen LogP contribution is 2.12. The number of aliphatic carboxylic acids is 1. The molecule has 0 saturated heterocycles. The molecule has 5 heteroatoms. The SMILES string of the molecule is NC(N)Cc1ccc(OCC(=O)O)cc1. The van der Waals surface area contributed by atoms with Crippen molar-refractivity contribution in [3.8, 4) is 5.75 Å². The number of benzene rings is 1. The van der Waals surface area contributed by atoms with Gasteiger partial charge in [0, 0.05) is 6.42 Å². The Labute approximate surface area is 87.6 Å². The number of nitrogens with two attached hydrogens (primary N) is 2. The van der Waals surface area contributed by atoms with Crippen molar-refractivity contribution in [3.05, 3.63) is 29.8 Å². The van der Waals surface area contributed by atoms with Crippen LogP contribution in [0.5, 0.6) is 5.75 Å². The van der Waals surface area contributed by atoms with Gasteiger partial charge in [0.1, 0.15) is 5.75 Å². The highest BCUT2D eigenvalue weighted by atomic mass is 16.5. The van der Waals surface area contributed by atoms with E-state index in [4.69, 9.17) is 21.3 Å². The molecular weight excluding hydrogens is 196 g/mol. The first kappa shape index (κ1) is 11.5. The number of carboxylic acid groups (broad SMARTS) is 1. The first-order valence-corrected chi connectivity index (χ1v) is 4.52. The maximum atomic E-state index is 10.2. The number of carboxylic acids is 1. The Bertz CT molecular complexity index is 322. The van der Waals surface area contributed by atoms with Gasteiger partial charge in [0.2, 0.25) is 0 Å². The molecular formula is C10H14N2O3. The van der Waals surface area contributed by atoms with Gasteiger partial charge in [0.05, 0.1) is 6.17 Å². The molecule has 0 fully saturated rings. The minimum absolute atomic E-state index is 0.338. The van der Waals surface area contributed by atoms with Crippen molar-refractivity contribution in [2.75, 3.05) is 6.61 Å². The van der Waals surface area contributed by atoms with E-state index in [0.717, 1.165) is 5.56 Å². The topological polar surface area (TPSA) is 98.6 Å². The van der Waals surface area contributed by atoms with Crippen molar-refractivity contribution in [2.24, 2.45) is 11.5 Å². The fourth-order valence-corrected chi connectivity index (χ4v) is 1.14. The standard InChI is InChI=1S/C10H14N2O3/c11-9(12)5-7-1-3-8(4-2-7)15-6-10(13)14/h1-4,9H,5-6,11-12H2,(H,13,14). The molecule has 1 aromatic rings. The number of carbonyl (C=O) groups is 1. The summed E-state index contributed by atoms with van der Waals surface area (Å²) in [5.41, 5.74) is 11.9. The summed E-state index contributed by atoms with van der Waals surface area (Å²) < 4.78 is 4.97. The van der Waals surface area contributed by atoms with Gasteiger partial charge in [-0.25, -0.2) is 4.79 Å². The van der Waals surface area contributed by atoms with E-state index in [-0.39, 0.29) is 12.8 Å². The van der Waals surface area contributed by atoms with Crippen LogP contribution in [0.2, 0.25) is 0 Å². The number of hydrogen-bond donors (Lipinski definition) is 3. The Kier molecular flexibility index (Phi) is 4.08. The highest BCUT2D eigenvalue weighted by molar-refractivity contribution is 5.68. The molecule has 5 nitrogen and oxygen atoms in total. The first-order valence-electron chi connectivity index (χ1n) is 4.52. The van der Waals surface area contributed by atoms with Crippen LogP contribution < -0.4 is 16.2 Å². The number of rotatable bonds is 5. The molecule has 0 amide bonds. The molecule has 15 heavy (non-hydrogen) atoms. The lowest BCUT2D eigenvalue weighted by atomic mass is 10.1. The monoisotopic (exact) mass is 210 g/mol. The lowest BCUT2D eigenvalue weighted by Crippen LogP contribution is -2.32. The van der Waals surface area contributed by atoms with Crippen molar-refractivity contribution in [3.63, 3.8) is 0 Å². The minimum Gasteiger partial charge on any atom is -0.482 e. The molecule has 0 saturated carbocycles. The molecule has 0 spiro atoms. The molecule has 1 aromatic carbocycles. The zero-order chi connectivity index (χ0) is 11.3. The summed E-state index contributed by atoms with van der Waals surface area (Å²) in [4.78, 5) is 10.2. The van der Waals surface area contributed by atoms with Gasteiger partial charge >= 0.3 is 5.97 Å². The van der Waals surface area contributed by atoms with Crippen LogP contribution >= 0.6 is 0 Å². The normalized spacial score (nSPS) is 10.3. The predicted octanol–water partition coefficient (Wildman–Crippen LogP) is -0.0640. The van der Waals surface area contributed by atoms with E-state index in [1.165, 1.54) is 0 Å². The molecule has 0 atom stereocenters. The van der Waals surface area contributed by atoms with E-state index in [1.807, 2.05) is 12.1 Å². The zero-order valence-electron chi connectivity index (χ0n) is 8.22. The average molecular weight is 210 g/mol. The van der Waals surface area contributed by atoms with Crippen LogP contribution in [0.3, 0.4) is 0 Å². The fourth-order valence-electron chi connectivity index (χ4n) is 1.14. The van der Waals surface area contributed by atoms with Crippen LogP contribution in [0.15, 0.2) is 24.3 Å². The number of hydrogen-bond acceptors (Lipinski definition) is 4. The predicted molar refractivity (Wildman–Crippen MR) is 55.4 cm³/mol. The number of ether oxygens (including phenoxy) is 1. The molecule has 0 aliphatic heterocycles. The van der Waals surface area contributed by atoms with E-state index >= 15 is 0 Å². The second-order valence-corrected chi connectivity index (χ2v) is 3.19. The van der Waals surface area contributed by atoms with E-state index in [1.54, 1.807) is 12.1 Å². The summed E-state index contributed by atoms with van der Waals surface area (Å²) in [6.07, 6.45) is 0.204. The molecule has 0 aromatic heterocycles. The molecule has 0 unspecified atom stereocenters. The van der Waals surface area contributed by atoms with Crippen LogP contribution in [-0.4, -0.2) is 23.8 Å². The lowest BCUT2D eigenvalue weighted by Gasteiger charge is -2.07. The Balaban J connectivity index is 2.52. The summed E-state index contributed by atoms with van der Waals surface area (Å²) in [6.45, 7) is -0.338. The van der Waals surface area contributed by atoms with E-state index in [2.05, 4.69) is 0 Å². The van der Waals surface area contributed by atoms with Crippen LogP contribution in [0.4, 0.5) is 0 Å². The first-order chi connectivity index (χ1) is 7.08. The van der Waals surface area contributed by atoms with Gasteiger partial charge in [-0.15, -0.1) is 0 Å². The molecule has 82 valence electrons. The minimum atomic E-state index is -0.997. The summed E-state index contributed by atoms with van der Waals surface area (Å²) in [5, 5.41) is 8.39. The molecule has 0 aliphatic rings. The Morgan fingerprint density at radius 2 is 1.93 bits per heavy atom. The molecule has 5 N–H and O–H groups in total. The zero-order valence-corrected chi connectivity index (χ0v) is 8.22. The quantitative estimate of drug-likeness (QED) is 0.591. The van der Waals surface area contributed by atoms with Gasteiger partial charge in [-0.1, -0.05) is 12.1 Å². The summed E-state index contributed by atoms with van der Waals surface area (Å²) in [6, 6.07) is 7.01. The molecule has 0 radical (unpaired) electrons. The third-order valence-electron chi connectivity index (χ3n) is 1.76. The summed E-state index contributed by atoms with van der Waals surface area (Å²) >= 11 is 0. The van der Waals surface area contributed by atoms with Gasteiger partial charge in [-0.3, -0.25) is 0 Å².